The monoisotopic (exact) mass is 273 g/mol. The molecule has 1 aliphatic rings. The third-order valence-corrected chi connectivity index (χ3v) is 2.95. The van der Waals surface area contributed by atoms with E-state index in [-0.39, 0.29) is 11.7 Å². The average Bonchev–Trinajstić information content (AvgIpc) is 2.75. The second kappa shape index (κ2) is 5.08. The molecule has 1 fully saturated rings. The first-order valence-corrected chi connectivity index (χ1v) is 5.85. The van der Waals surface area contributed by atoms with Crippen molar-refractivity contribution < 1.29 is 18.0 Å². The number of halogens is 3. The molecule has 1 atom stereocenters. The van der Waals surface area contributed by atoms with Crippen molar-refractivity contribution in [1.29, 1.82) is 0 Å². The number of nitrogens with zero attached hydrogens (tertiary/aromatic N) is 1. The molecule has 2 amide bonds. The Morgan fingerprint density at radius 2 is 2.16 bits per heavy atom. The van der Waals surface area contributed by atoms with Gasteiger partial charge in [0.1, 0.15) is 0 Å². The summed E-state index contributed by atoms with van der Waals surface area (Å²) in [5, 5.41) is 2.45. The predicted molar refractivity (Wildman–Crippen MR) is 64.6 cm³/mol. The molecule has 0 bridgehead atoms. The van der Waals surface area contributed by atoms with Crippen LogP contribution in [0.25, 0.3) is 0 Å². The molecule has 3 N–H and O–H groups in total. The van der Waals surface area contributed by atoms with Gasteiger partial charge in [0, 0.05) is 24.8 Å². The second-order valence-corrected chi connectivity index (χ2v) is 4.50. The van der Waals surface area contributed by atoms with Crippen molar-refractivity contribution in [2.24, 2.45) is 5.73 Å². The highest BCUT2D eigenvalue weighted by atomic mass is 19.4. The van der Waals surface area contributed by atoms with E-state index in [1.807, 2.05) is 0 Å². The van der Waals surface area contributed by atoms with Crippen molar-refractivity contribution in [3.63, 3.8) is 0 Å². The van der Waals surface area contributed by atoms with E-state index in [2.05, 4.69) is 5.32 Å². The van der Waals surface area contributed by atoms with E-state index in [0.29, 0.717) is 19.5 Å². The van der Waals surface area contributed by atoms with Crippen LogP contribution in [0.3, 0.4) is 0 Å². The number of hydrogen-bond donors (Lipinski definition) is 2. The Morgan fingerprint density at radius 1 is 1.42 bits per heavy atom. The second-order valence-electron chi connectivity index (χ2n) is 4.50. The van der Waals surface area contributed by atoms with Crippen LogP contribution in [0, 0.1) is 0 Å². The molecular weight excluding hydrogens is 259 g/mol. The van der Waals surface area contributed by atoms with Gasteiger partial charge in [-0.25, -0.2) is 4.79 Å². The van der Waals surface area contributed by atoms with Crippen LogP contribution in [0.2, 0.25) is 0 Å². The largest absolute Gasteiger partial charge is 0.416 e. The van der Waals surface area contributed by atoms with Crippen LogP contribution in [0.4, 0.5) is 23.7 Å². The molecule has 104 valence electrons. The van der Waals surface area contributed by atoms with E-state index in [9.17, 15) is 18.0 Å². The molecule has 19 heavy (non-hydrogen) atoms. The van der Waals surface area contributed by atoms with Gasteiger partial charge >= 0.3 is 12.2 Å². The molecule has 0 radical (unpaired) electrons. The molecule has 0 aromatic heterocycles. The van der Waals surface area contributed by atoms with E-state index in [1.54, 1.807) is 0 Å². The lowest BCUT2D eigenvalue weighted by Crippen LogP contribution is -2.35. The smallest absolute Gasteiger partial charge is 0.326 e. The normalized spacial score (nSPS) is 19.6. The number of anilines is 1. The zero-order valence-electron chi connectivity index (χ0n) is 10.1. The topological polar surface area (TPSA) is 58.4 Å². The number of likely N-dealkylation sites (tertiary alicyclic amines) is 1. The highest BCUT2D eigenvalue weighted by molar-refractivity contribution is 5.89. The van der Waals surface area contributed by atoms with E-state index >= 15 is 0 Å². The summed E-state index contributed by atoms with van der Waals surface area (Å²) in [4.78, 5) is 13.3. The molecule has 1 aromatic carbocycles. The van der Waals surface area contributed by atoms with Crippen molar-refractivity contribution in [1.82, 2.24) is 4.90 Å². The number of nitrogens with two attached hydrogens (primary N) is 1. The lowest BCUT2D eigenvalue weighted by molar-refractivity contribution is -0.137. The molecule has 1 aliphatic heterocycles. The van der Waals surface area contributed by atoms with Crippen LogP contribution >= 0.6 is 0 Å². The summed E-state index contributed by atoms with van der Waals surface area (Å²) in [5.74, 6) is 0. The minimum Gasteiger partial charge on any atom is -0.326 e. The zero-order valence-corrected chi connectivity index (χ0v) is 10.1. The van der Waals surface area contributed by atoms with Crippen molar-refractivity contribution in [3.8, 4) is 0 Å². The number of rotatable bonds is 1. The highest BCUT2D eigenvalue weighted by Gasteiger charge is 2.30. The average molecular weight is 273 g/mol. The van der Waals surface area contributed by atoms with E-state index in [0.717, 1.165) is 12.1 Å². The Kier molecular flexibility index (Phi) is 3.66. The first kappa shape index (κ1) is 13.7. The molecular formula is C12H14F3N3O. The van der Waals surface area contributed by atoms with Crippen LogP contribution in [0.5, 0.6) is 0 Å². The summed E-state index contributed by atoms with van der Waals surface area (Å²) in [5.41, 5.74) is 5.00. The number of alkyl halides is 3. The van der Waals surface area contributed by atoms with Crippen LogP contribution in [0.15, 0.2) is 24.3 Å². The molecule has 0 saturated carbocycles. The lowest BCUT2D eigenvalue weighted by Gasteiger charge is -2.17. The Balaban J connectivity index is 2.05. The number of nitrogens with one attached hydrogen (secondary N) is 1. The van der Waals surface area contributed by atoms with Crippen molar-refractivity contribution in [2.75, 3.05) is 18.4 Å². The summed E-state index contributed by atoms with van der Waals surface area (Å²) in [7, 11) is 0. The Labute approximate surface area is 108 Å². The SMILES string of the molecule is N[C@@H]1CCN(C(=O)Nc2cccc(C(F)(F)F)c2)C1. The van der Waals surface area contributed by atoms with Crippen LogP contribution < -0.4 is 11.1 Å². The number of benzene rings is 1. The number of hydrogen-bond acceptors (Lipinski definition) is 2. The Bertz CT molecular complexity index is 476. The maximum Gasteiger partial charge on any atom is 0.416 e. The highest BCUT2D eigenvalue weighted by Crippen LogP contribution is 2.30. The first-order chi connectivity index (χ1) is 8.86. The van der Waals surface area contributed by atoms with E-state index in [1.165, 1.54) is 17.0 Å². The molecule has 1 aromatic rings. The molecule has 0 spiro atoms. The molecule has 1 saturated heterocycles. The van der Waals surface area contributed by atoms with Crippen molar-refractivity contribution in [3.05, 3.63) is 29.8 Å². The quantitative estimate of drug-likeness (QED) is 0.824. The number of urea groups is 1. The van der Waals surface area contributed by atoms with Gasteiger partial charge in [-0.05, 0) is 24.6 Å². The van der Waals surface area contributed by atoms with Gasteiger partial charge in [0.05, 0.1) is 5.56 Å². The molecule has 0 aliphatic carbocycles. The Morgan fingerprint density at radius 3 is 2.74 bits per heavy atom. The zero-order chi connectivity index (χ0) is 14.0. The molecule has 1 heterocycles. The summed E-state index contributed by atoms with van der Waals surface area (Å²) in [6.45, 7) is 0.941. The number of amides is 2. The molecule has 7 heteroatoms. The Hall–Kier alpha value is -1.76. The van der Waals surface area contributed by atoms with Crippen molar-refractivity contribution in [2.45, 2.75) is 18.6 Å². The minimum atomic E-state index is -4.42. The molecule has 0 unspecified atom stereocenters. The van der Waals surface area contributed by atoms with Crippen LogP contribution in [0.1, 0.15) is 12.0 Å². The number of carbonyl (C=O) groups is 1. The van der Waals surface area contributed by atoms with Crippen LogP contribution in [-0.4, -0.2) is 30.1 Å². The van der Waals surface area contributed by atoms with Gasteiger partial charge in [-0.1, -0.05) is 6.07 Å². The minimum absolute atomic E-state index is 0.0627. The van der Waals surface area contributed by atoms with Gasteiger partial charge in [0.25, 0.3) is 0 Å². The van der Waals surface area contributed by atoms with Gasteiger partial charge in [0.2, 0.25) is 0 Å². The molecule has 2 rings (SSSR count). The maximum atomic E-state index is 12.5. The molecule has 4 nitrogen and oxygen atoms in total. The van der Waals surface area contributed by atoms with E-state index < -0.39 is 17.8 Å². The fraction of sp³-hybridized carbons (Fsp3) is 0.417. The van der Waals surface area contributed by atoms with Gasteiger partial charge in [0.15, 0.2) is 0 Å². The summed E-state index contributed by atoms with van der Waals surface area (Å²) < 4.78 is 37.6. The maximum absolute atomic E-state index is 12.5. The van der Waals surface area contributed by atoms with Gasteiger partial charge in [-0.15, -0.1) is 0 Å². The summed E-state index contributed by atoms with van der Waals surface area (Å²) in [6, 6.07) is 4.06. The van der Waals surface area contributed by atoms with Gasteiger partial charge in [-0.2, -0.15) is 13.2 Å². The third-order valence-electron chi connectivity index (χ3n) is 2.95. The first-order valence-electron chi connectivity index (χ1n) is 5.85. The summed E-state index contributed by atoms with van der Waals surface area (Å²) in [6.07, 6.45) is -3.72. The van der Waals surface area contributed by atoms with Gasteiger partial charge < -0.3 is 16.0 Å². The third kappa shape index (κ3) is 3.37. The number of carbonyl (C=O) groups excluding carboxylic acids is 1. The summed E-state index contributed by atoms with van der Waals surface area (Å²) >= 11 is 0. The van der Waals surface area contributed by atoms with Crippen LogP contribution in [-0.2, 0) is 6.18 Å². The fourth-order valence-electron chi connectivity index (χ4n) is 1.95. The van der Waals surface area contributed by atoms with Crippen molar-refractivity contribution >= 4 is 11.7 Å². The van der Waals surface area contributed by atoms with E-state index in [4.69, 9.17) is 5.73 Å². The standard InChI is InChI=1S/C12H14F3N3O/c13-12(14,15)8-2-1-3-10(6-8)17-11(19)18-5-4-9(16)7-18/h1-3,6,9H,4-5,7,16H2,(H,17,19)/t9-/m1/s1. The fourth-order valence-corrected chi connectivity index (χ4v) is 1.95. The lowest BCUT2D eigenvalue weighted by atomic mass is 10.2. The van der Waals surface area contributed by atoms with Gasteiger partial charge in [-0.3, -0.25) is 0 Å². The predicted octanol–water partition coefficient (Wildman–Crippen LogP) is 2.27.